The molecule has 1 rings (SSSR count). The molecular weight excluding hydrogens is 174 g/mol. The summed E-state index contributed by atoms with van der Waals surface area (Å²) < 4.78 is 23.3. The molecule has 0 spiro atoms. The maximum atomic E-state index is 11.7. The van der Waals surface area contributed by atoms with Gasteiger partial charge in [-0.15, -0.1) is 0 Å². The van der Waals surface area contributed by atoms with Crippen molar-refractivity contribution in [3.05, 3.63) is 35.4 Å². The molecule has 1 aromatic rings. The zero-order valence-electron chi connectivity index (χ0n) is 6.80. The zero-order chi connectivity index (χ0) is 9.68. The Hall–Kier alpha value is -1.40. The van der Waals surface area contributed by atoms with Crippen LogP contribution < -0.4 is 0 Å². The molecule has 0 fully saturated rings. The van der Waals surface area contributed by atoms with Gasteiger partial charge < -0.3 is 5.11 Å². The van der Waals surface area contributed by atoms with Gasteiger partial charge in [0.25, 0.3) is 6.43 Å². The van der Waals surface area contributed by atoms with Gasteiger partial charge in [-0.25, -0.2) is 0 Å². The zero-order valence-corrected chi connectivity index (χ0v) is 6.80. The van der Waals surface area contributed by atoms with E-state index in [4.69, 9.17) is 5.11 Å². The van der Waals surface area contributed by atoms with Gasteiger partial charge in [-0.05, 0) is 23.6 Å². The van der Waals surface area contributed by atoms with E-state index in [0.29, 0.717) is 5.56 Å². The average molecular weight is 182 g/mol. The van der Waals surface area contributed by atoms with E-state index in [0.717, 1.165) is 5.56 Å². The van der Waals surface area contributed by atoms with Crippen LogP contribution in [0.15, 0.2) is 24.3 Å². The summed E-state index contributed by atoms with van der Waals surface area (Å²) in [5.41, 5.74) is 1.26. The fourth-order valence-corrected chi connectivity index (χ4v) is 0.831. The van der Waals surface area contributed by atoms with E-state index in [1.54, 1.807) is 30.2 Å². The Bertz CT molecular complexity index is 319. The highest BCUT2D eigenvalue weighted by Gasteiger charge is 1.93. The van der Waals surface area contributed by atoms with E-state index in [9.17, 15) is 8.78 Å². The molecule has 3 heteroatoms. The first-order valence-corrected chi connectivity index (χ1v) is 3.72. The fourth-order valence-electron chi connectivity index (χ4n) is 0.831. The Balaban J connectivity index is 2.77. The van der Waals surface area contributed by atoms with Gasteiger partial charge in [0.05, 0.1) is 6.61 Å². The predicted octanol–water partition coefficient (Wildman–Crippen LogP) is 1.80. The minimum atomic E-state index is -2.60. The molecule has 1 nitrogen and oxygen atoms in total. The fraction of sp³-hybridized carbons (Fsp3) is 0.200. The number of alkyl halides is 2. The molecule has 0 bridgehead atoms. The number of aliphatic hydroxyl groups excluding tert-OH is 1. The maximum Gasteiger partial charge on any atom is 0.299 e. The third-order valence-corrected chi connectivity index (χ3v) is 1.46. The predicted molar refractivity (Wildman–Crippen MR) is 45.2 cm³/mol. The number of hydrogen-bond acceptors (Lipinski definition) is 1. The van der Waals surface area contributed by atoms with Gasteiger partial charge >= 0.3 is 0 Å². The summed E-state index contributed by atoms with van der Waals surface area (Å²) in [5.74, 6) is 4.07. The first-order chi connectivity index (χ1) is 6.22. The number of hydrogen-bond donors (Lipinski definition) is 1. The van der Waals surface area contributed by atoms with Crippen molar-refractivity contribution in [2.45, 2.75) is 13.0 Å². The second kappa shape index (κ2) is 4.58. The van der Waals surface area contributed by atoms with Crippen molar-refractivity contribution in [2.75, 3.05) is 0 Å². The Labute approximate surface area is 75.0 Å². The van der Waals surface area contributed by atoms with Crippen LogP contribution in [0.3, 0.4) is 0 Å². The molecule has 0 saturated heterocycles. The van der Waals surface area contributed by atoms with Gasteiger partial charge in [0, 0.05) is 5.56 Å². The highest BCUT2D eigenvalue weighted by Crippen LogP contribution is 2.03. The standard InChI is InChI=1S/C10H8F2O/c11-10(12)6-5-8-1-3-9(7-13)4-2-8/h1-4,10,13H,7H2. The van der Waals surface area contributed by atoms with Gasteiger partial charge in [-0.2, -0.15) is 8.78 Å². The second-order valence-corrected chi connectivity index (χ2v) is 2.43. The summed E-state index contributed by atoms with van der Waals surface area (Å²) in [4.78, 5) is 0. The highest BCUT2D eigenvalue weighted by molar-refractivity contribution is 5.36. The molecule has 0 unspecified atom stereocenters. The molecular formula is C10H8F2O. The lowest BCUT2D eigenvalue weighted by atomic mass is 10.1. The van der Waals surface area contributed by atoms with Crippen molar-refractivity contribution in [2.24, 2.45) is 0 Å². The first kappa shape index (κ1) is 9.69. The summed E-state index contributed by atoms with van der Waals surface area (Å²) in [6.07, 6.45) is -2.60. The largest absolute Gasteiger partial charge is 0.392 e. The van der Waals surface area contributed by atoms with Gasteiger partial charge in [0.15, 0.2) is 0 Å². The molecule has 1 N–H and O–H groups in total. The average Bonchev–Trinajstić information content (AvgIpc) is 2.15. The lowest BCUT2D eigenvalue weighted by Gasteiger charge is -1.94. The number of benzene rings is 1. The number of halogens is 2. The van der Waals surface area contributed by atoms with Crippen LogP contribution in [0.4, 0.5) is 8.78 Å². The van der Waals surface area contributed by atoms with Crippen molar-refractivity contribution in [1.29, 1.82) is 0 Å². The van der Waals surface area contributed by atoms with E-state index in [-0.39, 0.29) is 6.61 Å². The third kappa shape index (κ3) is 3.22. The first-order valence-electron chi connectivity index (χ1n) is 3.72. The van der Waals surface area contributed by atoms with Crippen molar-refractivity contribution < 1.29 is 13.9 Å². The van der Waals surface area contributed by atoms with E-state index in [2.05, 4.69) is 5.92 Å². The van der Waals surface area contributed by atoms with Crippen LogP contribution in [0.2, 0.25) is 0 Å². The normalized spacial score (nSPS) is 9.54. The number of aliphatic hydroxyl groups is 1. The van der Waals surface area contributed by atoms with Crippen LogP contribution in [-0.4, -0.2) is 11.5 Å². The molecule has 0 atom stereocenters. The lowest BCUT2D eigenvalue weighted by molar-refractivity contribution is 0.215. The Morgan fingerprint density at radius 2 is 1.85 bits per heavy atom. The number of rotatable bonds is 1. The Morgan fingerprint density at radius 1 is 1.23 bits per heavy atom. The van der Waals surface area contributed by atoms with Crippen molar-refractivity contribution in [1.82, 2.24) is 0 Å². The van der Waals surface area contributed by atoms with E-state index < -0.39 is 6.43 Å². The molecule has 0 aliphatic rings. The lowest BCUT2D eigenvalue weighted by Crippen LogP contribution is -1.84. The van der Waals surface area contributed by atoms with Gasteiger partial charge in [0.1, 0.15) is 0 Å². The summed E-state index contributed by atoms with van der Waals surface area (Å²) in [6, 6.07) is 6.49. The van der Waals surface area contributed by atoms with Gasteiger partial charge in [-0.1, -0.05) is 18.1 Å². The summed E-state index contributed by atoms with van der Waals surface area (Å²) in [7, 11) is 0. The van der Waals surface area contributed by atoms with Gasteiger partial charge in [-0.3, -0.25) is 0 Å². The molecule has 0 aromatic heterocycles. The van der Waals surface area contributed by atoms with E-state index >= 15 is 0 Å². The molecule has 0 radical (unpaired) electrons. The monoisotopic (exact) mass is 182 g/mol. The molecule has 68 valence electrons. The van der Waals surface area contributed by atoms with Gasteiger partial charge in [0.2, 0.25) is 0 Å². The second-order valence-electron chi connectivity index (χ2n) is 2.43. The van der Waals surface area contributed by atoms with Crippen molar-refractivity contribution in [3.63, 3.8) is 0 Å². The van der Waals surface area contributed by atoms with Crippen LogP contribution in [0.5, 0.6) is 0 Å². The minimum Gasteiger partial charge on any atom is -0.392 e. The summed E-state index contributed by atoms with van der Waals surface area (Å²) in [5, 5.41) is 8.69. The molecule has 1 aromatic carbocycles. The molecule has 0 amide bonds. The third-order valence-electron chi connectivity index (χ3n) is 1.46. The molecule has 0 aliphatic heterocycles. The molecule has 0 aliphatic carbocycles. The van der Waals surface area contributed by atoms with E-state index in [1.165, 1.54) is 0 Å². The maximum absolute atomic E-state index is 11.7. The molecule has 13 heavy (non-hydrogen) atoms. The smallest absolute Gasteiger partial charge is 0.299 e. The van der Waals surface area contributed by atoms with Crippen molar-refractivity contribution in [3.8, 4) is 11.8 Å². The summed E-state index contributed by atoms with van der Waals surface area (Å²) in [6.45, 7) is -0.0530. The quantitative estimate of drug-likeness (QED) is 0.656. The van der Waals surface area contributed by atoms with Crippen LogP contribution >= 0.6 is 0 Å². The van der Waals surface area contributed by atoms with E-state index in [1.807, 2.05) is 0 Å². The van der Waals surface area contributed by atoms with Crippen LogP contribution in [0.1, 0.15) is 11.1 Å². The molecule has 0 saturated carbocycles. The SMILES string of the molecule is OCc1ccc(C#CC(F)F)cc1. The minimum absolute atomic E-state index is 0.0530. The van der Waals surface area contributed by atoms with Crippen LogP contribution in [-0.2, 0) is 6.61 Å². The Kier molecular flexibility index (Phi) is 3.41. The summed E-state index contributed by atoms with van der Waals surface area (Å²) >= 11 is 0. The topological polar surface area (TPSA) is 20.2 Å². The van der Waals surface area contributed by atoms with Crippen LogP contribution in [0.25, 0.3) is 0 Å². The Morgan fingerprint density at radius 3 is 2.31 bits per heavy atom. The van der Waals surface area contributed by atoms with Crippen LogP contribution in [0, 0.1) is 11.8 Å². The molecule has 0 heterocycles. The highest BCUT2D eigenvalue weighted by atomic mass is 19.3. The van der Waals surface area contributed by atoms with Crippen molar-refractivity contribution >= 4 is 0 Å².